The Bertz CT molecular complexity index is 567. The number of imidazole rings is 1. The highest BCUT2D eigenvalue weighted by Crippen LogP contribution is 2.27. The molecule has 2 saturated heterocycles. The third kappa shape index (κ3) is 6.61. The molecule has 0 aliphatic carbocycles. The molecule has 1 N–H and O–H groups in total. The molecule has 0 radical (unpaired) electrons. The quantitative estimate of drug-likeness (QED) is 0.280. The van der Waals surface area contributed by atoms with Crippen LogP contribution in [0.1, 0.15) is 52.0 Å². The summed E-state index contributed by atoms with van der Waals surface area (Å²) < 4.78 is 2.25. The van der Waals surface area contributed by atoms with Gasteiger partial charge in [-0.3, -0.25) is 4.99 Å². The molecule has 2 aliphatic rings. The number of nitrogens with one attached hydrogen (secondary N) is 1. The molecule has 6 nitrogen and oxygen atoms in total. The van der Waals surface area contributed by atoms with Crippen LogP contribution in [-0.4, -0.2) is 71.6 Å². The number of likely N-dealkylation sites (tertiary alicyclic amines) is 2. The van der Waals surface area contributed by atoms with E-state index >= 15 is 0 Å². The van der Waals surface area contributed by atoms with Crippen molar-refractivity contribution in [2.24, 2.45) is 16.8 Å². The fraction of sp³-hybridized carbons (Fsp3) is 0.810. The van der Waals surface area contributed by atoms with Gasteiger partial charge in [-0.1, -0.05) is 13.8 Å². The average molecular weight is 502 g/mol. The fourth-order valence-corrected chi connectivity index (χ4v) is 4.37. The van der Waals surface area contributed by atoms with Crippen molar-refractivity contribution in [2.45, 2.75) is 52.0 Å². The monoisotopic (exact) mass is 502 g/mol. The summed E-state index contributed by atoms with van der Waals surface area (Å²) in [5, 5.41) is 3.60. The van der Waals surface area contributed by atoms with E-state index in [1.807, 2.05) is 19.6 Å². The minimum Gasteiger partial charge on any atom is -0.356 e. The van der Waals surface area contributed by atoms with Crippen LogP contribution in [0.3, 0.4) is 0 Å². The fourth-order valence-electron chi connectivity index (χ4n) is 4.37. The Morgan fingerprint density at radius 1 is 1.14 bits per heavy atom. The van der Waals surface area contributed by atoms with Crippen molar-refractivity contribution < 1.29 is 0 Å². The summed E-state index contributed by atoms with van der Waals surface area (Å²) >= 11 is 0. The molecule has 0 aromatic carbocycles. The maximum absolute atomic E-state index is 4.54. The minimum absolute atomic E-state index is 0. The number of guanidine groups is 1. The number of hydrogen-bond donors (Lipinski definition) is 1. The lowest BCUT2D eigenvalue weighted by Crippen LogP contribution is -2.49. The Kier molecular flexibility index (Phi) is 10.0. The topological polar surface area (TPSA) is 48.7 Å². The highest BCUT2D eigenvalue weighted by Gasteiger charge is 2.28. The van der Waals surface area contributed by atoms with Gasteiger partial charge in [0.1, 0.15) is 0 Å². The van der Waals surface area contributed by atoms with Gasteiger partial charge in [-0.05, 0) is 63.6 Å². The highest BCUT2D eigenvalue weighted by molar-refractivity contribution is 14.0. The van der Waals surface area contributed by atoms with Crippen molar-refractivity contribution in [2.75, 3.05) is 46.3 Å². The van der Waals surface area contributed by atoms with Crippen molar-refractivity contribution in [3.63, 3.8) is 0 Å². The van der Waals surface area contributed by atoms with Gasteiger partial charge in [0.2, 0.25) is 0 Å². The molecule has 0 bridgehead atoms. The minimum atomic E-state index is 0. The first-order valence-corrected chi connectivity index (χ1v) is 10.8. The Morgan fingerprint density at radius 2 is 1.93 bits per heavy atom. The SMILES string of the molecule is CN=C(NCCCCN1CCC(C)CC1)N1CCC(C)C(n2ccnc2)C1.I. The number of unbranched alkanes of at least 4 members (excludes halogenated alkanes) is 1. The van der Waals surface area contributed by atoms with E-state index in [1.54, 1.807) is 0 Å². The molecule has 7 heteroatoms. The van der Waals surface area contributed by atoms with E-state index in [0.29, 0.717) is 12.0 Å². The largest absolute Gasteiger partial charge is 0.356 e. The predicted octanol–water partition coefficient (Wildman–Crippen LogP) is 3.47. The molecule has 1 aromatic heterocycles. The number of piperidine rings is 2. The van der Waals surface area contributed by atoms with Gasteiger partial charge in [0.05, 0.1) is 12.4 Å². The van der Waals surface area contributed by atoms with Gasteiger partial charge < -0.3 is 19.7 Å². The van der Waals surface area contributed by atoms with Crippen molar-refractivity contribution in [1.29, 1.82) is 0 Å². The second-order valence-electron chi connectivity index (χ2n) is 8.49. The van der Waals surface area contributed by atoms with Crippen LogP contribution >= 0.6 is 24.0 Å². The van der Waals surface area contributed by atoms with Gasteiger partial charge in [-0.2, -0.15) is 0 Å². The lowest BCUT2D eigenvalue weighted by Gasteiger charge is -2.39. The Hall–Kier alpha value is -0.830. The van der Waals surface area contributed by atoms with Crippen LogP contribution in [0.2, 0.25) is 0 Å². The molecule has 2 aliphatic heterocycles. The number of aliphatic imine (C=N–C) groups is 1. The maximum atomic E-state index is 4.54. The second kappa shape index (κ2) is 12.0. The standard InChI is InChI=1S/C21H38N6.HI/c1-18-6-12-25(13-7-18)11-5-4-9-24-21(22-3)26-14-8-19(2)20(16-26)27-15-10-23-17-27;/h10,15,17-20H,4-9,11-14,16H2,1-3H3,(H,22,24);1H. The van der Waals surface area contributed by atoms with Crippen molar-refractivity contribution >= 4 is 29.9 Å². The van der Waals surface area contributed by atoms with Gasteiger partial charge in [-0.15, -0.1) is 24.0 Å². The number of aromatic nitrogens is 2. The van der Waals surface area contributed by atoms with E-state index in [0.717, 1.165) is 31.5 Å². The summed E-state index contributed by atoms with van der Waals surface area (Å²) in [6.45, 7) is 11.7. The zero-order valence-corrected chi connectivity index (χ0v) is 20.2. The molecule has 1 aromatic rings. The summed E-state index contributed by atoms with van der Waals surface area (Å²) in [4.78, 5) is 13.8. The Balaban J connectivity index is 0.00000280. The number of hydrogen-bond acceptors (Lipinski definition) is 3. The molecule has 2 atom stereocenters. The first-order chi connectivity index (χ1) is 13.2. The molecule has 3 rings (SSSR count). The van der Waals surface area contributed by atoms with Gasteiger partial charge in [0, 0.05) is 39.1 Å². The van der Waals surface area contributed by atoms with Crippen LogP contribution < -0.4 is 5.32 Å². The molecule has 2 fully saturated rings. The first-order valence-electron chi connectivity index (χ1n) is 10.8. The van der Waals surface area contributed by atoms with Crippen molar-refractivity contribution in [1.82, 2.24) is 24.7 Å². The highest BCUT2D eigenvalue weighted by atomic mass is 127. The van der Waals surface area contributed by atoms with Crippen LogP contribution in [0.25, 0.3) is 0 Å². The zero-order valence-electron chi connectivity index (χ0n) is 17.9. The lowest BCUT2D eigenvalue weighted by atomic mass is 9.93. The number of nitrogens with zero attached hydrogens (tertiary/aromatic N) is 5. The van der Waals surface area contributed by atoms with E-state index in [2.05, 4.69) is 49.7 Å². The van der Waals surface area contributed by atoms with Crippen LogP contribution in [0.5, 0.6) is 0 Å². The summed E-state index contributed by atoms with van der Waals surface area (Å²) in [5.41, 5.74) is 0. The molecular formula is C21H39IN6. The van der Waals surface area contributed by atoms with Crippen LogP contribution in [0.15, 0.2) is 23.7 Å². The Morgan fingerprint density at radius 3 is 2.61 bits per heavy atom. The summed E-state index contributed by atoms with van der Waals surface area (Å²) in [7, 11) is 1.90. The third-order valence-electron chi connectivity index (χ3n) is 6.40. The molecule has 2 unspecified atom stereocenters. The molecule has 0 saturated carbocycles. The normalized spacial score (nSPS) is 24.8. The van der Waals surface area contributed by atoms with E-state index in [-0.39, 0.29) is 24.0 Å². The van der Waals surface area contributed by atoms with Gasteiger partial charge in [0.25, 0.3) is 0 Å². The van der Waals surface area contributed by atoms with Crippen LogP contribution in [0, 0.1) is 11.8 Å². The van der Waals surface area contributed by atoms with Crippen molar-refractivity contribution in [3.8, 4) is 0 Å². The molecule has 0 amide bonds. The van der Waals surface area contributed by atoms with Crippen LogP contribution in [-0.2, 0) is 0 Å². The summed E-state index contributed by atoms with van der Waals surface area (Å²) in [6.07, 6.45) is 12.3. The van der Waals surface area contributed by atoms with E-state index in [1.165, 1.54) is 51.7 Å². The van der Waals surface area contributed by atoms with E-state index < -0.39 is 0 Å². The lowest BCUT2D eigenvalue weighted by molar-refractivity contribution is 0.186. The maximum Gasteiger partial charge on any atom is 0.193 e. The Labute approximate surface area is 188 Å². The third-order valence-corrected chi connectivity index (χ3v) is 6.40. The van der Waals surface area contributed by atoms with Gasteiger partial charge in [-0.25, -0.2) is 4.98 Å². The number of rotatable bonds is 6. The summed E-state index contributed by atoms with van der Waals surface area (Å²) in [6, 6.07) is 0.473. The zero-order chi connectivity index (χ0) is 19.1. The molecule has 160 valence electrons. The first kappa shape index (κ1) is 23.4. The van der Waals surface area contributed by atoms with E-state index in [9.17, 15) is 0 Å². The van der Waals surface area contributed by atoms with Gasteiger partial charge in [0.15, 0.2) is 5.96 Å². The molecule has 0 spiro atoms. The molecule has 28 heavy (non-hydrogen) atoms. The smallest absolute Gasteiger partial charge is 0.193 e. The predicted molar refractivity (Wildman–Crippen MR) is 127 cm³/mol. The second-order valence-corrected chi connectivity index (χ2v) is 8.49. The van der Waals surface area contributed by atoms with Gasteiger partial charge >= 0.3 is 0 Å². The molecule has 3 heterocycles. The van der Waals surface area contributed by atoms with E-state index in [4.69, 9.17) is 0 Å². The van der Waals surface area contributed by atoms with Crippen LogP contribution in [0.4, 0.5) is 0 Å². The van der Waals surface area contributed by atoms with Crippen molar-refractivity contribution in [3.05, 3.63) is 18.7 Å². The number of halogens is 1. The average Bonchev–Trinajstić information content (AvgIpc) is 3.21. The molecular weight excluding hydrogens is 463 g/mol. The summed E-state index contributed by atoms with van der Waals surface area (Å²) in [5.74, 6) is 2.64.